The molecule has 3 rings (SSSR count). The highest BCUT2D eigenvalue weighted by Gasteiger charge is 2.34. The van der Waals surface area contributed by atoms with Crippen molar-refractivity contribution in [3.8, 4) is 11.4 Å². The number of rotatable bonds is 4. The van der Waals surface area contributed by atoms with Crippen molar-refractivity contribution in [2.24, 2.45) is 5.73 Å². The molecule has 0 spiro atoms. The standard InChI is InChI=1S/C16H21ClN4O3S/c1-11-7-13(18)5-6-21(11)25(22,23)14-9-19-20(10-14)15-8-12(17)3-4-16(15)24-2/h3-4,8-11,13H,5-7,18H2,1-2H3/t11-,13-/m1/s1. The molecule has 0 saturated carbocycles. The molecule has 1 fully saturated rings. The Bertz CT molecular complexity index is 868. The molecule has 2 N–H and O–H groups in total. The maximum Gasteiger partial charge on any atom is 0.246 e. The van der Waals surface area contributed by atoms with Crippen molar-refractivity contribution >= 4 is 21.6 Å². The molecule has 2 aromatic rings. The largest absolute Gasteiger partial charge is 0.494 e. The van der Waals surface area contributed by atoms with Gasteiger partial charge in [0.15, 0.2) is 0 Å². The van der Waals surface area contributed by atoms with Crippen LogP contribution in [0.15, 0.2) is 35.5 Å². The number of piperidine rings is 1. The number of methoxy groups -OCH3 is 1. The van der Waals surface area contributed by atoms with Crippen LogP contribution in [0.2, 0.25) is 5.02 Å². The van der Waals surface area contributed by atoms with Crippen LogP contribution in [0, 0.1) is 0 Å². The second-order valence-electron chi connectivity index (χ2n) is 6.19. The predicted octanol–water partition coefficient (Wildman–Crippen LogP) is 2.03. The fourth-order valence-electron chi connectivity index (χ4n) is 3.09. The average Bonchev–Trinajstić information content (AvgIpc) is 3.05. The van der Waals surface area contributed by atoms with Gasteiger partial charge in [0.1, 0.15) is 16.3 Å². The van der Waals surface area contributed by atoms with Gasteiger partial charge in [-0.05, 0) is 38.0 Å². The molecule has 1 aliphatic rings. The number of hydrogen-bond acceptors (Lipinski definition) is 5. The van der Waals surface area contributed by atoms with Crippen LogP contribution in [0.3, 0.4) is 0 Å². The first-order valence-electron chi connectivity index (χ1n) is 7.99. The van der Waals surface area contributed by atoms with Gasteiger partial charge in [0.2, 0.25) is 10.0 Å². The first-order chi connectivity index (χ1) is 11.8. The minimum absolute atomic E-state index is 0.0416. The highest BCUT2D eigenvalue weighted by atomic mass is 35.5. The zero-order chi connectivity index (χ0) is 18.2. The van der Waals surface area contributed by atoms with E-state index in [1.807, 2.05) is 6.92 Å². The van der Waals surface area contributed by atoms with E-state index in [1.165, 1.54) is 28.5 Å². The van der Waals surface area contributed by atoms with Crippen molar-refractivity contribution in [2.45, 2.75) is 36.7 Å². The molecule has 136 valence electrons. The lowest BCUT2D eigenvalue weighted by atomic mass is 10.0. The Kier molecular flexibility index (Phi) is 5.06. The Hall–Kier alpha value is -1.61. The van der Waals surface area contributed by atoms with Gasteiger partial charge < -0.3 is 10.5 Å². The van der Waals surface area contributed by atoms with Gasteiger partial charge in [-0.15, -0.1) is 0 Å². The number of nitrogens with zero attached hydrogens (tertiary/aromatic N) is 3. The molecule has 1 aromatic heterocycles. The van der Waals surface area contributed by atoms with Gasteiger partial charge in [-0.3, -0.25) is 0 Å². The summed E-state index contributed by atoms with van der Waals surface area (Å²) in [4.78, 5) is 0.136. The second kappa shape index (κ2) is 6.95. The quantitative estimate of drug-likeness (QED) is 0.871. The lowest BCUT2D eigenvalue weighted by Gasteiger charge is -2.34. The number of hydrogen-bond donors (Lipinski definition) is 1. The number of nitrogens with two attached hydrogens (primary N) is 1. The SMILES string of the molecule is COc1ccc(Cl)cc1-n1cc(S(=O)(=O)N2CC[C@@H](N)C[C@H]2C)cn1. The molecule has 0 aliphatic carbocycles. The maximum atomic E-state index is 12.9. The first kappa shape index (κ1) is 18.2. The summed E-state index contributed by atoms with van der Waals surface area (Å²) in [5.41, 5.74) is 6.51. The second-order valence-corrected chi connectivity index (χ2v) is 8.51. The number of ether oxygens (including phenoxy) is 1. The topological polar surface area (TPSA) is 90.5 Å². The molecule has 0 amide bonds. The number of benzene rings is 1. The normalized spacial score (nSPS) is 22.1. The van der Waals surface area contributed by atoms with E-state index < -0.39 is 10.0 Å². The molecule has 1 saturated heterocycles. The van der Waals surface area contributed by atoms with Gasteiger partial charge >= 0.3 is 0 Å². The van der Waals surface area contributed by atoms with E-state index >= 15 is 0 Å². The molecule has 2 heterocycles. The number of halogens is 1. The van der Waals surface area contributed by atoms with Crippen LogP contribution in [-0.2, 0) is 10.0 Å². The monoisotopic (exact) mass is 384 g/mol. The summed E-state index contributed by atoms with van der Waals surface area (Å²) in [5.74, 6) is 0.550. The number of aromatic nitrogens is 2. The Morgan fingerprint density at radius 3 is 2.84 bits per heavy atom. The summed E-state index contributed by atoms with van der Waals surface area (Å²) in [7, 11) is -2.10. The summed E-state index contributed by atoms with van der Waals surface area (Å²) in [5, 5.41) is 4.69. The third kappa shape index (κ3) is 3.52. The van der Waals surface area contributed by atoms with Gasteiger partial charge in [0.25, 0.3) is 0 Å². The van der Waals surface area contributed by atoms with Crippen molar-refractivity contribution in [3.63, 3.8) is 0 Å². The van der Waals surface area contributed by atoms with E-state index in [9.17, 15) is 8.42 Å². The van der Waals surface area contributed by atoms with Crippen LogP contribution in [0.1, 0.15) is 19.8 Å². The van der Waals surface area contributed by atoms with Crippen LogP contribution in [0.4, 0.5) is 0 Å². The van der Waals surface area contributed by atoms with Crippen molar-refractivity contribution < 1.29 is 13.2 Å². The van der Waals surface area contributed by atoms with Crippen molar-refractivity contribution in [1.29, 1.82) is 0 Å². The van der Waals surface area contributed by atoms with Gasteiger partial charge in [-0.25, -0.2) is 13.1 Å². The molecule has 1 aliphatic heterocycles. The molecule has 0 radical (unpaired) electrons. The van der Waals surface area contributed by atoms with Crippen molar-refractivity contribution in [3.05, 3.63) is 35.6 Å². The Morgan fingerprint density at radius 1 is 1.40 bits per heavy atom. The molecular formula is C16H21ClN4O3S. The van der Waals surface area contributed by atoms with Crippen LogP contribution < -0.4 is 10.5 Å². The fourth-order valence-corrected chi connectivity index (χ4v) is 4.85. The lowest BCUT2D eigenvalue weighted by molar-refractivity contribution is 0.247. The highest BCUT2D eigenvalue weighted by Crippen LogP contribution is 2.28. The molecule has 1 aromatic carbocycles. The molecule has 7 nitrogen and oxygen atoms in total. The highest BCUT2D eigenvalue weighted by molar-refractivity contribution is 7.89. The number of sulfonamides is 1. The summed E-state index contributed by atoms with van der Waals surface area (Å²) < 4.78 is 34.1. The summed E-state index contributed by atoms with van der Waals surface area (Å²) in [6, 6.07) is 4.98. The van der Waals surface area contributed by atoms with E-state index in [0.29, 0.717) is 35.8 Å². The van der Waals surface area contributed by atoms with E-state index in [4.69, 9.17) is 22.1 Å². The molecule has 9 heteroatoms. The van der Waals surface area contributed by atoms with Crippen molar-refractivity contribution in [2.75, 3.05) is 13.7 Å². The van der Waals surface area contributed by atoms with Gasteiger partial charge in [-0.2, -0.15) is 9.40 Å². The third-order valence-electron chi connectivity index (χ3n) is 4.41. The molecular weight excluding hydrogens is 364 g/mol. The average molecular weight is 385 g/mol. The van der Waals surface area contributed by atoms with Crippen molar-refractivity contribution in [1.82, 2.24) is 14.1 Å². The minimum Gasteiger partial charge on any atom is -0.494 e. The van der Waals surface area contributed by atoms with E-state index in [2.05, 4.69) is 5.10 Å². The molecule has 0 unspecified atom stereocenters. The Balaban J connectivity index is 1.95. The molecule has 2 atom stereocenters. The van der Waals surface area contributed by atoms with Gasteiger partial charge in [-0.1, -0.05) is 11.6 Å². The van der Waals surface area contributed by atoms with Gasteiger partial charge in [0.05, 0.1) is 19.5 Å². The fraction of sp³-hybridized carbons (Fsp3) is 0.438. The van der Waals surface area contributed by atoms with Crippen LogP contribution in [0.5, 0.6) is 5.75 Å². The van der Waals surface area contributed by atoms with Gasteiger partial charge in [0, 0.05) is 23.7 Å². The summed E-state index contributed by atoms with van der Waals surface area (Å²) >= 11 is 6.04. The molecule has 0 bridgehead atoms. The third-order valence-corrected chi connectivity index (χ3v) is 6.61. The first-order valence-corrected chi connectivity index (χ1v) is 9.80. The summed E-state index contributed by atoms with van der Waals surface area (Å²) in [6.45, 7) is 2.29. The van der Waals surface area contributed by atoms with E-state index in [-0.39, 0.29) is 17.0 Å². The predicted molar refractivity (Wildman–Crippen MR) is 95.7 cm³/mol. The molecule has 25 heavy (non-hydrogen) atoms. The smallest absolute Gasteiger partial charge is 0.246 e. The van der Waals surface area contributed by atoms with E-state index in [1.54, 1.807) is 18.2 Å². The zero-order valence-electron chi connectivity index (χ0n) is 14.1. The van der Waals surface area contributed by atoms with Crippen LogP contribution in [0.25, 0.3) is 5.69 Å². The Labute approximate surface area is 152 Å². The summed E-state index contributed by atoms with van der Waals surface area (Å²) in [6.07, 6.45) is 4.12. The van der Waals surface area contributed by atoms with E-state index in [0.717, 1.165) is 0 Å². The lowest BCUT2D eigenvalue weighted by Crippen LogP contribution is -2.48. The zero-order valence-corrected chi connectivity index (χ0v) is 15.7. The van der Waals surface area contributed by atoms with Crippen LogP contribution >= 0.6 is 11.6 Å². The van der Waals surface area contributed by atoms with Crippen LogP contribution in [-0.4, -0.2) is 48.2 Å². The Morgan fingerprint density at radius 2 is 2.16 bits per heavy atom. The maximum absolute atomic E-state index is 12.9. The minimum atomic E-state index is -3.63.